The van der Waals surface area contributed by atoms with Gasteiger partial charge in [0, 0.05) is 62.5 Å². The minimum atomic E-state index is -0.190. The van der Waals surface area contributed by atoms with E-state index in [-0.39, 0.29) is 11.9 Å². The largest absolute Gasteiger partial charge is 0.369 e. The highest BCUT2D eigenvalue weighted by atomic mass is 32.1. The van der Waals surface area contributed by atoms with Crippen molar-refractivity contribution in [3.05, 3.63) is 81.0 Å². The maximum absolute atomic E-state index is 13.5. The second-order valence-electron chi connectivity index (χ2n) is 7.18. The molecular formula is C22H24FN3S2. The van der Waals surface area contributed by atoms with Gasteiger partial charge in [-0.1, -0.05) is 30.3 Å². The summed E-state index contributed by atoms with van der Waals surface area (Å²) in [6, 6.07) is 17.8. The van der Waals surface area contributed by atoms with Crippen molar-refractivity contribution in [1.82, 2.24) is 9.47 Å². The van der Waals surface area contributed by atoms with Crippen molar-refractivity contribution in [1.29, 1.82) is 0 Å². The van der Waals surface area contributed by atoms with E-state index in [2.05, 4.69) is 50.1 Å². The average molecular weight is 414 g/mol. The van der Waals surface area contributed by atoms with E-state index in [1.54, 1.807) is 23.5 Å². The fourth-order valence-corrected chi connectivity index (χ4v) is 4.88. The van der Waals surface area contributed by atoms with Crippen LogP contribution in [-0.4, -0.2) is 35.6 Å². The molecule has 3 aromatic rings. The molecule has 1 aliphatic heterocycles. The lowest BCUT2D eigenvalue weighted by molar-refractivity contribution is 0.183. The Morgan fingerprint density at radius 2 is 1.68 bits per heavy atom. The van der Waals surface area contributed by atoms with Gasteiger partial charge >= 0.3 is 0 Å². The van der Waals surface area contributed by atoms with Gasteiger partial charge in [-0.15, -0.1) is 11.3 Å². The molecule has 0 N–H and O–H groups in total. The number of nitrogens with zero attached hydrogens (tertiary/aromatic N) is 3. The number of thiazole rings is 1. The molecule has 6 heteroatoms. The number of para-hydroxylation sites is 1. The zero-order valence-corrected chi connectivity index (χ0v) is 17.6. The third-order valence-electron chi connectivity index (χ3n) is 5.53. The van der Waals surface area contributed by atoms with Crippen LogP contribution in [0.5, 0.6) is 0 Å². The Morgan fingerprint density at radius 1 is 1.00 bits per heavy atom. The molecular weight excluding hydrogens is 389 g/mol. The monoisotopic (exact) mass is 413 g/mol. The first-order valence-corrected chi connectivity index (χ1v) is 10.8. The van der Waals surface area contributed by atoms with Crippen molar-refractivity contribution >= 4 is 29.2 Å². The zero-order chi connectivity index (χ0) is 19.5. The molecule has 1 unspecified atom stereocenters. The van der Waals surface area contributed by atoms with Crippen LogP contribution in [0, 0.1) is 9.77 Å². The van der Waals surface area contributed by atoms with E-state index in [0.717, 1.165) is 42.1 Å². The Kier molecular flexibility index (Phi) is 5.90. The van der Waals surface area contributed by atoms with Crippen molar-refractivity contribution in [2.24, 2.45) is 7.05 Å². The Hall–Kier alpha value is -2.02. The maximum Gasteiger partial charge on any atom is 0.160 e. The highest BCUT2D eigenvalue weighted by Crippen LogP contribution is 2.28. The van der Waals surface area contributed by atoms with Crippen molar-refractivity contribution in [2.45, 2.75) is 12.5 Å². The molecule has 0 radical (unpaired) electrons. The molecule has 0 amide bonds. The van der Waals surface area contributed by atoms with E-state index >= 15 is 0 Å². The number of aromatic nitrogens is 1. The second kappa shape index (κ2) is 8.55. The predicted octanol–water partition coefficient (Wildman–Crippen LogP) is 5.06. The van der Waals surface area contributed by atoms with Crippen LogP contribution in [-0.2, 0) is 13.5 Å². The van der Waals surface area contributed by atoms with Crippen LogP contribution in [0.4, 0.5) is 10.1 Å². The van der Waals surface area contributed by atoms with Crippen LogP contribution in [0.25, 0.3) is 0 Å². The van der Waals surface area contributed by atoms with Gasteiger partial charge in [0.15, 0.2) is 3.95 Å². The molecule has 3 nitrogen and oxygen atoms in total. The van der Waals surface area contributed by atoms with Crippen LogP contribution in [0.2, 0.25) is 0 Å². The molecule has 0 spiro atoms. The molecule has 1 aliphatic rings. The minimum Gasteiger partial charge on any atom is -0.369 e. The SMILES string of the molecule is Cn1c(CC(c2ccc(F)cc2)N2CCN(c3ccccc3)CC2)csc1=S. The standard InChI is InChI=1S/C22H24FN3S2/c1-24-20(16-28-22(24)27)15-21(17-7-9-18(23)10-8-17)26-13-11-25(12-14-26)19-5-3-2-4-6-19/h2-10,16,21H,11-15H2,1H3. The first-order valence-electron chi connectivity index (χ1n) is 9.55. The molecule has 2 heterocycles. The van der Waals surface area contributed by atoms with Crippen molar-refractivity contribution in [3.8, 4) is 0 Å². The molecule has 0 aliphatic carbocycles. The fourth-order valence-electron chi connectivity index (χ4n) is 3.85. The summed E-state index contributed by atoms with van der Waals surface area (Å²) in [4.78, 5) is 4.96. The molecule has 146 valence electrons. The van der Waals surface area contributed by atoms with E-state index in [0.29, 0.717) is 0 Å². The second-order valence-corrected chi connectivity index (χ2v) is 8.69. The van der Waals surface area contributed by atoms with Gasteiger partial charge in [-0.2, -0.15) is 0 Å². The number of rotatable bonds is 5. The van der Waals surface area contributed by atoms with Gasteiger partial charge in [0.2, 0.25) is 0 Å². The zero-order valence-electron chi connectivity index (χ0n) is 15.9. The summed E-state index contributed by atoms with van der Waals surface area (Å²) in [7, 11) is 2.03. The molecule has 1 saturated heterocycles. The number of hydrogen-bond donors (Lipinski definition) is 0. The lowest BCUT2D eigenvalue weighted by Gasteiger charge is -2.40. The molecule has 4 rings (SSSR count). The topological polar surface area (TPSA) is 11.4 Å². The fraction of sp³-hybridized carbons (Fsp3) is 0.318. The van der Waals surface area contributed by atoms with Gasteiger partial charge < -0.3 is 9.47 Å². The molecule has 1 aromatic heterocycles. The summed E-state index contributed by atoms with van der Waals surface area (Å²) in [5, 5.41) is 2.15. The maximum atomic E-state index is 13.5. The summed E-state index contributed by atoms with van der Waals surface area (Å²) < 4.78 is 16.5. The van der Waals surface area contributed by atoms with Gasteiger partial charge in [0.25, 0.3) is 0 Å². The molecule has 1 atom stereocenters. The van der Waals surface area contributed by atoms with Crippen LogP contribution >= 0.6 is 23.6 Å². The van der Waals surface area contributed by atoms with Crippen LogP contribution < -0.4 is 4.90 Å². The molecule has 0 bridgehead atoms. The first kappa shape index (κ1) is 19.3. The third kappa shape index (κ3) is 4.19. The summed E-state index contributed by atoms with van der Waals surface area (Å²) in [5.74, 6) is -0.190. The van der Waals surface area contributed by atoms with Gasteiger partial charge in [-0.05, 0) is 42.0 Å². The quantitative estimate of drug-likeness (QED) is 0.542. The number of hydrogen-bond acceptors (Lipinski definition) is 4. The van der Waals surface area contributed by atoms with Gasteiger partial charge in [-0.25, -0.2) is 4.39 Å². The van der Waals surface area contributed by atoms with E-state index in [9.17, 15) is 4.39 Å². The van der Waals surface area contributed by atoms with Gasteiger partial charge in [0.05, 0.1) is 0 Å². The Labute approximate surface area is 174 Å². The lowest BCUT2D eigenvalue weighted by Crippen LogP contribution is -2.48. The summed E-state index contributed by atoms with van der Waals surface area (Å²) >= 11 is 7.00. The summed E-state index contributed by atoms with van der Waals surface area (Å²) in [6.07, 6.45) is 0.876. The Morgan fingerprint density at radius 3 is 2.29 bits per heavy atom. The van der Waals surface area contributed by atoms with E-state index in [4.69, 9.17) is 12.2 Å². The third-order valence-corrected chi connectivity index (χ3v) is 6.96. The molecule has 1 fully saturated rings. The molecule has 28 heavy (non-hydrogen) atoms. The van der Waals surface area contributed by atoms with Crippen molar-refractivity contribution < 1.29 is 4.39 Å². The highest BCUT2D eigenvalue weighted by Gasteiger charge is 2.26. The number of anilines is 1. The van der Waals surface area contributed by atoms with Crippen LogP contribution in [0.3, 0.4) is 0 Å². The van der Waals surface area contributed by atoms with E-state index in [1.165, 1.54) is 11.4 Å². The van der Waals surface area contributed by atoms with Gasteiger partial charge in [-0.3, -0.25) is 4.90 Å². The highest BCUT2D eigenvalue weighted by molar-refractivity contribution is 7.73. The lowest BCUT2D eigenvalue weighted by atomic mass is 9.99. The molecule has 2 aromatic carbocycles. The predicted molar refractivity (Wildman–Crippen MR) is 117 cm³/mol. The van der Waals surface area contributed by atoms with Crippen LogP contribution in [0.1, 0.15) is 17.3 Å². The Balaban J connectivity index is 1.54. The van der Waals surface area contributed by atoms with Crippen molar-refractivity contribution in [3.63, 3.8) is 0 Å². The molecule has 0 saturated carbocycles. The number of piperazine rings is 1. The normalized spacial score (nSPS) is 16.3. The smallest absolute Gasteiger partial charge is 0.160 e. The Bertz CT molecular complexity index is 957. The minimum absolute atomic E-state index is 0.190. The van der Waals surface area contributed by atoms with Gasteiger partial charge in [0.1, 0.15) is 5.82 Å². The summed E-state index contributed by atoms with van der Waals surface area (Å²) in [5.41, 5.74) is 3.67. The van der Waals surface area contributed by atoms with Crippen molar-refractivity contribution in [2.75, 3.05) is 31.1 Å². The number of benzene rings is 2. The summed E-state index contributed by atoms with van der Waals surface area (Å²) in [6.45, 7) is 3.94. The van der Waals surface area contributed by atoms with E-state index in [1.807, 2.05) is 19.2 Å². The first-order chi connectivity index (χ1) is 13.6. The average Bonchev–Trinajstić information content (AvgIpc) is 3.06. The van der Waals surface area contributed by atoms with Crippen LogP contribution in [0.15, 0.2) is 60.0 Å². The van der Waals surface area contributed by atoms with E-state index < -0.39 is 0 Å². The number of halogens is 1.